The molecule has 0 aliphatic carbocycles. The Morgan fingerprint density at radius 2 is 2.19 bits per heavy atom. The summed E-state index contributed by atoms with van der Waals surface area (Å²) in [7, 11) is 0. The van der Waals surface area contributed by atoms with Crippen LogP contribution in [-0.2, 0) is 11.3 Å². The molecule has 2 rings (SSSR count). The zero-order valence-corrected chi connectivity index (χ0v) is 12.4. The number of carbonyl (C=O) groups excluding carboxylic acids is 1. The SMILES string of the molecule is CC(C)C(=O)NCCNCc1cn[nH]c1-c1cccnc1. The first-order chi connectivity index (χ1) is 10.2. The van der Waals surface area contributed by atoms with Gasteiger partial charge in [-0.2, -0.15) is 5.10 Å². The van der Waals surface area contributed by atoms with E-state index < -0.39 is 0 Å². The van der Waals surface area contributed by atoms with Crippen LogP contribution in [0.4, 0.5) is 0 Å². The van der Waals surface area contributed by atoms with Gasteiger partial charge in [-0.25, -0.2) is 0 Å². The molecule has 112 valence electrons. The van der Waals surface area contributed by atoms with E-state index in [4.69, 9.17) is 0 Å². The van der Waals surface area contributed by atoms with Gasteiger partial charge >= 0.3 is 0 Å². The number of nitrogens with one attached hydrogen (secondary N) is 3. The van der Waals surface area contributed by atoms with Gasteiger partial charge in [-0.3, -0.25) is 14.9 Å². The van der Waals surface area contributed by atoms with Gasteiger partial charge in [-0.15, -0.1) is 0 Å². The summed E-state index contributed by atoms with van der Waals surface area (Å²) in [5.41, 5.74) is 3.07. The highest BCUT2D eigenvalue weighted by Gasteiger charge is 2.08. The molecule has 2 aromatic rings. The lowest BCUT2D eigenvalue weighted by molar-refractivity contribution is -0.123. The molecule has 0 aliphatic heterocycles. The molecule has 21 heavy (non-hydrogen) atoms. The molecule has 2 heterocycles. The lowest BCUT2D eigenvalue weighted by atomic mass is 10.1. The Labute approximate surface area is 124 Å². The fourth-order valence-electron chi connectivity index (χ4n) is 1.91. The second kappa shape index (κ2) is 7.54. The van der Waals surface area contributed by atoms with Crippen LogP contribution in [0.3, 0.4) is 0 Å². The molecule has 1 amide bonds. The topological polar surface area (TPSA) is 82.7 Å². The summed E-state index contributed by atoms with van der Waals surface area (Å²) in [4.78, 5) is 15.5. The molecule has 2 aromatic heterocycles. The van der Waals surface area contributed by atoms with Crippen LogP contribution in [0.1, 0.15) is 19.4 Å². The smallest absolute Gasteiger partial charge is 0.222 e. The van der Waals surface area contributed by atoms with Crippen molar-refractivity contribution in [2.75, 3.05) is 13.1 Å². The highest BCUT2D eigenvalue weighted by Crippen LogP contribution is 2.19. The van der Waals surface area contributed by atoms with E-state index >= 15 is 0 Å². The highest BCUT2D eigenvalue weighted by atomic mass is 16.1. The van der Waals surface area contributed by atoms with Crippen LogP contribution in [0.25, 0.3) is 11.3 Å². The van der Waals surface area contributed by atoms with Crippen molar-refractivity contribution in [1.29, 1.82) is 0 Å². The van der Waals surface area contributed by atoms with Gasteiger partial charge in [-0.05, 0) is 12.1 Å². The number of carbonyl (C=O) groups is 1. The molecule has 0 aromatic carbocycles. The zero-order chi connectivity index (χ0) is 15.1. The normalized spacial score (nSPS) is 10.8. The van der Waals surface area contributed by atoms with Crippen LogP contribution < -0.4 is 10.6 Å². The van der Waals surface area contributed by atoms with Crippen molar-refractivity contribution in [3.63, 3.8) is 0 Å². The van der Waals surface area contributed by atoms with Crippen LogP contribution in [0.2, 0.25) is 0 Å². The van der Waals surface area contributed by atoms with Crippen molar-refractivity contribution in [1.82, 2.24) is 25.8 Å². The largest absolute Gasteiger partial charge is 0.355 e. The Bertz CT molecular complexity index is 564. The van der Waals surface area contributed by atoms with Gasteiger partial charge in [0.1, 0.15) is 0 Å². The van der Waals surface area contributed by atoms with Crippen LogP contribution in [-0.4, -0.2) is 34.2 Å². The van der Waals surface area contributed by atoms with E-state index in [1.165, 1.54) is 0 Å². The first kappa shape index (κ1) is 15.2. The van der Waals surface area contributed by atoms with Gasteiger partial charge in [0.2, 0.25) is 5.91 Å². The standard InChI is InChI=1S/C15H21N5O/c1-11(2)15(21)18-7-6-17-9-13-10-19-20-14(13)12-4-3-5-16-8-12/h3-5,8,10-11,17H,6-7,9H2,1-2H3,(H,18,21)(H,19,20). The number of amides is 1. The fraction of sp³-hybridized carbons (Fsp3) is 0.400. The van der Waals surface area contributed by atoms with Crippen molar-refractivity contribution in [3.05, 3.63) is 36.3 Å². The maximum atomic E-state index is 11.4. The van der Waals surface area contributed by atoms with Crippen molar-refractivity contribution >= 4 is 5.91 Å². The zero-order valence-electron chi connectivity index (χ0n) is 12.4. The Hall–Kier alpha value is -2.21. The summed E-state index contributed by atoms with van der Waals surface area (Å²) < 4.78 is 0. The number of hydrogen-bond acceptors (Lipinski definition) is 4. The van der Waals surface area contributed by atoms with Crippen LogP contribution in [0, 0.1) is 5.92 Å². The number of aromatic nitrogens is 3. The quantitative estimate of drug-likeness (QED) is 0.671. The monoisotopic (exact) mass is 287 g/mol. The lowest BCUT2D eigenvalue weighted by Gasteiger charge is -2.08. The van der Waals surface area contributed by atoms with Gasteiger partial charge < -0.3 is 10.6 Å². The minimum Gasteiger partial charge on any atom is -0.355 e. The van der Waals surface area contributed by atoms with E-state index in [0.29, 0.717) is 13.1 Å². The molecule has 6 heteroatoms. The molecule has 0 aliphatic rings. The average molecular weight is 287 g/mol. The van der Waals surface area contributed by atoms with Gasteiger partial charge in [0, 0.05) is 49.1 Å². The maximum Gasteiger partial charge on any atom is 0.222 e. The summed E-state index contributed by atoms with van der Waals surface area (Å²) in [5, 5.41) is 13.3. The molecule has 0 radical (unpaired) electrons. The molecular weight excluding hydrogens is 266 g/mol. The molecule has 3 N–H and O–H groups in total. The average Bonchev–Trinajstić information content (AvgIpc) is 2.96. The minimum atomic E-state index is 0.0241. The number of aromatic amines is 1. The number of nitrogens with zero attached hydrogens (tertiary/aromatic N) is 2. The maximum absolute atomic E-state index is 11.4. The third-order valence-electron chi connectivity index (χ3n) is 3.11. The Morgan fingerprint density at radius 3 is 2.90 bits per heavy atom. The predicted molar refractivity (Wildman–Crippen MR) is 81.4 cm³/mol. The molecule has 0 unspecified atom stereocenters. The summed E-state index contributed by atoms with van der Waals surface area (Å²) in [6.45, 7) is 5.80. The third-order valence-corrected chi connectivity index (χ3v) is 3.11. The Balaban J connectivity index is 1.80. The van der Waals surface area contributed by atoms with Crippen molar-refractivity contribution in [2.45, 2.75) is 20.4 Å². The highest BCUT2D eigenvalue weighted by molar-refractivity contribution is 5.77. The van der Waals surface area contributed by atoms with Crippen molar-refractivity contribution in [2.24, 2.45) is 5.92 Å². The molecule has 6 nitrogen and oxygen atoms in total. The number of hydrogen-bond donors (Lipinski definition) is 3. The van der Waals surface area contributed by atoms with Gasteiger partial charge in [-0.1, -0.05) is 13.8 Å². The molecule has 0 saturated heterocycles. The number of pyridine rings is 1. The van der Waals surface area contributed by atoms with E-state index in [0.717, 1.165) is 23.4 Å². The van der Waals surface area contributed by atoms with Crippen LogP contribution in [0.15, 0.2) is 30.7 Å². The molecule has 0 saturated carbocycles. The van der Waals surface area contributed by atoms with Gasteiger partial charge in [0.15, 0.2) is 0 Å². The van der Waals surface area contributed by atoms with Crippen molar-refractivity contribution < 1.29 is 4.79 Å². The summed E-state index contributed by atoms with van der Waals surface area (Å²) in [6.07, 6.45) is 5.36. The third kappa shape index (κ3) is 4.39. The Morgan fingerprint density at radius 1 is 1.33 bits per heavy atom. The first-order valence-electron chi connectivity index (χ1n) is 7.09. The summed E-state index contributed by atoms with van der Waals surface area (Å²) in [6, 6.07) is 3.89. The predicted octanol–water partition coefficient (Wildman–Crippen LogP) is 1.33. The number of rotatable bonds is 7. The van der Waals surface area contributed by atoms with Crippen LogP contribution >= 0.6 is 0 Å². The minimum absolute atomic E-state index is 0.0241. The molecule has 0 fully saturated rings. The summed E-state index contributed by atoms with van der Waals surface area (Å²) in [5.74, 6) is 0.104. The second-order valence-electron chi connectivity index (χ2n) is 5.13. The molecule has 0 spiro atoms. The molecule has 0 bridgehead atoms. The fourth-order valence-corrected chi connectivity index (χ4v) is 1.91. The molecular formula is C15H21N5O. The molecule has 0 atom stereocenters. The van der Waals surface area contributed by atoms with E-state index in [2.05, 4.69) is 25.8 Å². The first-order valence-corrected chi connectivity index (χ1v) is 7.09. The van der Waals surface area contributed by atoms with E-state index in [9.17, 15) is 4.79 Å². The van der Waals surface area contributed by atoms with Crippen LogP contribution in [0.5, 0.6) is 0 Å². The van der Waals surface area contributed by atoms with Gasteiger partial charge in [0.25, 0.3) is 0 Å². The van der Waals surface area contributed by atoms with E-state index in [1.54, 1.807) is 12.4 Å². The number of H-pyrrole nitrogens is 1. The Kier molecular flexibility index (Phi) is 5.45. The van der Waals surface area contributed by atoms with Gasteiger partial charge in [0.05, 0.1) is 11.9 Å². The second-order valence-corrected chi connectivity index (χ2v) is 5.13. The van der Waals surface area contributed by atoms with Crippen molar-refractivity contribution in [3.8, 4) is 11.3 Å². The van der Waals surface area contributed by atoms with E-state index in [-0.39, 0.29) is 11.8 Å². The summed E-state index contributed by atoms with van der Waals surface area (Å²) >= 11 is 0. The lowest BCUT2D eigenvalue weighted by Crippen LogP contribution is -2.34. The van der Waals surface area contributed by atoms with E-state index in [1.807, 2.05) is 32.2 Å².